The van der Waals surface area contributed by atoms with E-state index < -0.39 is 0 Å². The van der Waals surface area contributed by atoms with Gasteiger partial charge in [-0.1, -0.05) is 13.3 Å². The standard InChI is InChI=1S/C14H25N3OS/c1-10(5-4-6-11(2)15)14(18)16-8-7-13-17-12(3)9-19-13/h9-11H,4-8,15H2,1-3H3,(H,16,18). The third-order valence-corrected chi connectivity index (χ3v) is 4.08. The van der Waals surface area contributed by atoms with E-state index in [1.165, 1.54) is 0 Å². The van der Waals surface area contributed by atoms with Crippen molar-refractivity contribution < 1.29 is 4.79 Å². The minimum Gasteiger partial charge on any atom is -0.355 e. The number of nitrogens with two attached hydrogens (primary N) is 1. The minimum absolute atomic E-state index is 0.0665. The van der Waals surface area contributed by atoms with Crippen LogP contribution >= 0.6 is 11.3 Å². The molecule has 4 nitrogen and oxygen atoms in total. The van der Waals surface area contributed by atoms with Crippen LogP contribution in [0.15, 0.2) is 5.38 Å². The van der Waals surface area contributed by atoms with Crippen molar-refractivity contribution in [3.63, 3.8) is 0 Å². The summed E-state index contributed by atoms with van der Waals surface area (Å²) in [5.41, 5.74) is 6.75. The van der Waals surface area contributed by atoms with E-state index in [4.69, 9.17) is 5.73 Å². The highest BCUT2D eigenvalue weighted by Gasteiger charge is 2.12. The van der Waals surface area contributed by atoms with Gasteiger partial charge in [0, 0.05) is 36.0 Å². The summed E-state index contributed by atoms with van der Waals surface area (Å²) in [4.78, 5) is 16.2. The van der Waals surface area contributed by atoms with Gasteiger partial charge in [0.2, 0.25) is 5.91 Å². The topological polar surface area (TPSA) is 68.0 Å². The van der Waals surface area contributed by atoms with Crippen molar-refractivity contribution in [1.82, 2.24) is 10.3 Å². The van der Waals surface area contributed by atoms with Crippen molar-refractivity contribution in [1.29, 1.82) is 0 Å². The Balaban J connectivity index is 2.16. The molecule has 2 atom stereocenters. The Morgan fingerprint density at radius 2 is 2.21 bits per heavy atom. The summed E-state index contributed by atoms with van der Waals surface area (Å²) in [6.07, 6.45) is 3.72. The zero-order valence-corrected chi connectivity index (χ0v) is 12.9. The van der Waals surface area contributed by atoms with Crippen molar-refractivity contribution >= 4 is 17.2 Å². The molecule has 0 fully saturated rings. The van der Waals surface area contributed by atoms with Crippen molar-refractivity contribution in [3.8, 4) is 0 Å². The Hall–Kier alpha value is -0.940. The molecule has 0 aliphatic heterocycles. The van der Waals surface area contributed by atoms with Crippen LogP contribution in [0.5, 0.6) is 0 Å². The summed E-state index contributed by atoms with van der Waals surface area (Å²) in [6, 6.07) is 0.225. The summed E-state index contributed by atoms with van der Waals surface area (Å²) in [5, 5.41) is 6.10. The van der Waals surface area contributed by atoms with Crippen molar-refractivity contribution in [2.45, 2.75) is 52.5 Å². The maximum Gasteiger partial charge on any atom is 0.222 e. The van der Waals surface area contributed by atoms with E-state index >= 15 is 0 Å². The Morgan fingerprint density at radius 3 is 2.79 bits per heavy atom. The van der Waals surface area contributed by atoms with Gasteiger partial charge in [0.05, 0.1) is 5.01 Å². The third-order valence-electron chi connectivity index (χ3n) is 3.05. The van der Waals surface area contributed by atoms with Gasteiger partial charge >= 0.3 is 0 Å². The quantitative estimate of drug-likeness (QED) is 0.769. The molecule has 108 valence electrons. The molecule has 0 radical (unpaired) electrons. The average Bonchev–Trinajstić information content (AvgIpc) is 2.74. The van der Waals surface area contributed by atoms with Crippen molar-refractivity contribution in [2.75, 3.05) is 6.54 Å². The number of carbonyl (C=O) groups excluding carboxylic acids is 1. The van der Waals surface area contributed by atoms with Crippen LogP contribution in [-0.2, 0) is 11.2 Å². The maximum atomic E-state index is 11.9. The molecule has 2 unspecified atom stereocenters. The van der Waals surface area contributed by atoms with E-state index in [9.17, 15) is 4.79 Å². The molecule has 0 aliphatic carbocycles. The monoisotopic (exact) mass is 283 g/mol. The first-order valence-corrected chi connectivity index (χ1v) is 7.81. The number of rotatable bonds is 8. The second-order valence-corrected chi connectivity index (χ2v) is 6.18. The molecular formula is C14H25N3OS. The number of aryl methyl sites for hydroxylation is 1. The van der Waals surface area contributed by atoms with Gasteiger partial charge in [0.15, 0.2) is 0 Å². The van der Waals surface area contributed by atoms with E-state index in [-0.39, 0.29) is 17.9 Å². The fourth-order valence-corrected chi connectivity index (χ4v) is 2.64. The van der Waals surface area contributed by atoms with Gasteiger partial charge in [-0.25, -0.2) is 4.98 Å². The average molecular weight is 283 g/mol. The first-order valence-electron chi connectivity index (χ1n) is 6.93. The first-order chi connectivity index (χ1) is 8.99. The van der Waals surface area contributed by atoms with E-state index in [1.54, 1.807) is 11.3 Å². The molecule has 1 heterocycles. The molecule has 3 N–H and O–H groups in total. The van der Waals surface area contributed by atoms with Gasteiger partial charge in [0.25, 0.3) is 0 Å². The number of carbonyl (C=O) groups is 1. The van der Waals surface area contributed by atoms with Gasteiger partial charge in [-0.3, -0.25) is 4.79 Å². The second kappa shape index (κ2) is 8.27. The summed E-state index contributed by atoms with van der Waals surface area (Å²) >= 11 is 1.65. The molecule has 0 aromatic carbocycles. The SMILES string of the molecule is Cc1csc(CCNC(=O)C(C)CCCC(C)N)n1. The Labute approximate surface area is 119 Å². The molecule has 0 saturated carbocycles. The third kappa shape index (κ3) is 6.68. The minimum atomic E-state index is 0.0665. The van der Waals surface area contributed by atoms with Crippen LogP contribution in [0.25, 0.3) is 0 Å². The predicted octanol–water partition coefficient (Wildman–Crippen LogP) is 2.26. The van der Waals surface area contributed by atoms with E-state index in [0.29, 0.717) is 6.54 Å². The van der Waals surface area contributed by atoms with Gasteiger partial charge in [-0.15, -0.1) is 11.3 Å². The van der Waals surface area contributed by atoms with Crippen LogP contribution in [0.3, 0.4) is 0 Å². The molecule has 19 heavy (non-hydrogen) atoms. The van der Waals surface area contributed by atoms with Gasteiger partial charge < -0.3 is 11.1 Å². The lowest BCUT2D eigenvalue weighted by atomic mass is 10.0. The van der Waals surface area contributed by atoms with Crippen LogP contribution in [0.1, 0.15) is 43.8 Å². The number of aromatic nitrogens is 1. The lowest BCUT2D eigenvalue weighted by Gasteiger charge is -2.12. The number of thiazole rings is 1. The predicted molar refractivity (Wildman–Crippen MR) is 80.2 cm³/mol. The second-order valence-electron chi connectivity index (χ2n) is 5.23. The Kier molecular flexibility index (Phi) is 7.02. The van der Waals surface area contributed by atoms with Crippen LogP contribution < -0.4 is 11.1 Å². The molecule has 0 spiro atoms. The summed E-state index contributed by atoms with van der Waals surface area (Å²) in [5.74, 6) is 0.203. The maximum absolute atomic E-state index is 11.9. The molecule has 1 aromatic heterocycles. The molecular weight excluding hydrogens is 258 g/mol. The number of hydrogen-bond donors (Lipinski definition) is 2. The van der Waals surface area contributed by atoms with Crippen LogP contribution in [0.2, 0.25) is 0 Å². The normalized spacial score (nSPS) is 14.1. The highest BCUT2D eigenvalue weighted by Crippen LogP contribution is 2.10. The smallest absolute Gasteiger partial charge is 0.222 e. The van der Waals surface area contributed by atoms with Crippen molar-refractivity contribution in [2.24, 2.45) is 11.7 Å². The van der Waals surface area contributed by atoms with Crippen LogP contribution in [0.4, 0.5) is 0 Å². The molecule has 0 aliphatic rings. The molecule has 0 bridgehead atoms. The number of amides is 1. The summed E-state index contributed by atoms with van der Waals surface area (Å²) in [7, 11) is 0. The van der Waals surface area contributed by atoms with E-state index in [2.05, 4.69) is 10.3 Å². The molecule has 5 heteroatoms. The Bertz CT molecular complexity index is 390. The van der Waals surface area contributed by atoms with Gasteiger partial charge in [-0.2, -0.15) is 0 Å². The van der Waals surface area contributed by atoms with Crippen LogP contribution in [0, 0.1) is 12.8 Å². The van der Waals surface area contributed by atoms with E-state index in [1.807, 2.05) is 26.2 Å². The van der Waals surface area contributed by atoms with Crippen molar-refractivity contribution in [3.05, 3.63) is 16.1 Å². The number of nitrogens with one attached hydrogen (secondary N) is 1. The summed E-state index contributed by atoms with van der Waals surface area (Å²) < 4.78 is 0. The Morgan fingerprint density at radius 1 is 1.47 bits per heavy atom. The zero-order valence-electron chi connectivity index (χ0n) is 12.1. The first kappa shape index (κ1) is 16.1. The zero-order chi connectivity index (χ0) is 14.3. The molecule has 1 amide bonds. The number of hydrogen-bond acceptors (Lipinski definition) is 4. The van der Waals surface area contributed by atoms with Gasteiger partial charge in [0.1, 0.15) is 0 Å². The van der Waals surface area contributed by atoms with Crippen LogP contribution in [-0.4, -0.2) is 23.5 Å². The lowest BCUT2D eigenvalue weighted by molar-refractivity contribution is -0.124. The van der Waals surface area contributed by atoms with Gasteiger partial charge in [-0.05, 0) is 26.7 Å². The fourth-order valence-electron chi connectivity index (χ4n) is 1.86. The molecule has 0 saturated heterocycles. The molecule has 1 aromatic rings. The highest BCUT2D eigenvalue weighted by molar-refractivity contribution is 7.09. The largest absolute Gasteiger partial charge is 0.355 e. The lowest BCUT2D eigenvalue weighted by Crippen LogP contribution is -2.31. The fraction of sp³-hybridized carbons (Fsp3) is 0.714. The van der Waals surface area contributed by atoms with E-state index in [0.717, 1.165) is 36.4 Å². The number of nitrogens with zero attached hydrogens (tertiary/aromatic N) is 1. The summed E-state index contributed by atoms with van der Waals surface area (Å²) in [6.45, 7) is 6.63. The highest BCUT2D eigenvalue weighted by atomic mass is 32.1. The molecule has 1 rings (SSSR count).